The van der Waals surface area contributed by atoms with Crippen LogP contribution in [0.4, 0.5) is 0 Å². The van der Waals surface area contributed by atoms with Gasteiger partial charge in [0.1, 0.15) is 0 Å². The van der Waals surface area contributed by atoms with Crippen LogP contribution in [-0.2, 0) is 11.2 Å². The summed E-state index contributed by atoms with van der Waals surface area (Å²) in [4.78, 5) is 14.9. The molecular weight excluding hydrogens is 358 g/mol. The number of benzene rings is 2. The molecular formula is C26H31NO2. The van der Waals surface area contributed by atoms with E-state index < -0.39 is 0 Å². The van der Waals surface area contributed by atoms with Crippen LogP contribution in [0, 0.1) is 0 Å². The molecule has 3 nitrogen and oxygen atoms in total. The minimum atomic E-state index is -0.146. The van der Waals surface area contributed by atoms with Gasteiger partial charge in [0.15, 0.2) is 0 Å². The van der Waals surface area contributed by atoms with Crippen molar-refractivity contribution < 1.29 is 9.53 Å². The molecule has 0 N–H and O–H groups in total. The Kier molecular flexibility index (Phi) is 5.86. The van der Waals surface area contributed by atoms with Crippen LogP contribution in [-0.4, -0.2) is 36.1 Å². The average molecular weight is 390 g/mol. The van der Waals surface area contributed by atoms with Gasteiger partial charge in [0.25, 0.3) is 5.91 Å². The van der Waals surface area contributed by atoms with Gasteiger partial charge < -0.3 is 9.64 Å². The van der Waals surface area contributed by atoms with E-state index in [-0.39, 0.29) is 11.5 Å². The predicted octanol–water partition coefficient (Wildman–Crippen LogP) is 5.65. The first-order valence-corrected chi connectivity index (χ1v) is 10.9. The zero-order valence-electron chi connectivity index (χ0n) is 17.6. The highest BCUT2D eigenvalue weighted by Gasteiger charge is 2.36. The summed E-state index contributed by atoms with van der Waals surface area (Å²) in [7, 11) is 0. The lowest BCUT2D eigenvalue weighted by Crippen LogP contribution is -2.48. The van der Waals surface area contributed by atoms with Gasteiger partial charge in [0.2, 0.25) is 0 Å². The monoisotopic (exact) mass is 389 g/mol. The summed E-state index contributed by atoms with van der Waals surface area (Å²) in [5.41, 5.74) is 5.75. The van der Waals surface area contributed by atoms with Crippen LogP contribution in [0.25, 0.3) is 11.1 Å². The first-order valence-electron chi connectivity index (χ1n) is 10.9. The van der Waals surface area contributed by atoms with Crippen LogP contribution >= 0.6 is 0 Å². The highest BCUT2D eigenvalue weighted by atomic mass is 16.5. The number of carbonyl (C=O) groups excluding carboxylic acids is 1. The van der Waals surface area contributed by atoms with Crippen LogP contribution in [0.3, 0.4) is 0 Å². The molecule has 2 aromatic rings. The molecule has 0 unspecified atom stereocenters. The van der Waals surface area contributed by atoms with Crippen LogP contribution in [0.15, 0.2) is 60.2 Å². The smallest absolute Gasteiger partial charge is 0.253 e. The van der Waals surface area contributed by atoms with Gasteiger partial charge in [-0.25, -0.2) is 0 Å². The molecule has 1 spiro atoms. The van der Waals surface area contributed by atoms with E-state index in [9.17, 15) is 4.79 Å². The number of hydrogen-bond acceptors (Lipinski definition) is 2. The van der Waals surface area contributed by atoms with Gasteiger partial charge in [0, 0.05) is 18.7 Å². The van der Waals surface area contributed by atoms with Crippen LogP contribution in [0.5, 0.6) is 0 Å². The number of ether oxygens (including phenoxy) is 1. The number of likely N-dealkylation sites (tertiary alicyclic amines) is 1. The van der Waals surface area contributed by atoms with Crippen molar-refractivity contribution in [2.45, 2.75) is 51.6 Å². The van der Waals surface area contributed by atoms with E-state index in [4.69, 9.17) is 4.74 Å². The van der Waals surface area contributed by atoms with E-state index in [0.717, 1.165) is 62.9 Å². The Bertz CT molecular complexity index is 872. The third kappa shape index (κ3) is 4.45. The lowest BCUT2D eigenvalue weighted by molar-refractivity contribution is -0.0522. The third-order valence-corrected chi connectivity index (χ3v) is 6.25. The van der Waals surface area contributed by atoms with Crippen molar-refractivity contribution in [2.24, 2.45) is 0 Å². The fourth-order valence-electron chi connectivity index (χ4n) is 4.50. The standard InChI is InChI=1S/C26H31NO2/c1-3-4-21-5-7-22(8-6-21)23-9-11-24(12-10-23)25(28)27-16-14-26(15-17-27)19-20(2)13-18-29-26/h5-12,19H,3-4,13-18H2,1-2H3. The largest absolute Gasteiger partial charge is 0.370 e. The van der Waals surface area contributed by atoms with Gasteiger partial charge >= 0.3 is 0 Å². The Morgan fingerprint density at radius 1 is 1.00 bits per heavy atom. The predicted molar refractivity (Wildman–Crippen MR) is 118 cm³/mol. The number of hydrogen-bond donors (Lipinski definition) is 0. The molecule has 1 saturated heterocycles. The molecule has 2 aliphatic rings. The molecule has 0 radical (unpaired) electrons. The summed E-state index contributed by atoms with van der Waals surface area (Å²) in [5, 5.41) is 0. The first kappa shape index (κ1) is 19.9. The fraction of sp³-hybridized carbons (Fsp3) is 0.423. The minimum Gasteiger partial charge on any atom is -0.370 e. The Labute approximate surface area is 174 Å². The van der Waals surface area contributed by atoms with Crippen molar-refractivity contribution in [3.63, 3.8) is 0 Å². The van der Waals surface area contributed by atoms with Crippen LogP contribution in [0.2, 0.25) is 0 Å². The third-order valence-electron chi connectivity index (χ3n) is 6.25. The number of piperidine rings is 1. The molecule has 29 heavy (non-hydrogen) atoms. The fourth-order valence-corrected chi connectivity index (χ4v) is 4.50. The Balaban J connectivity index is 1.40. The van der Waals surface area contributed by atoms with Crippen molar-refractivity contribution in [3.8, 4) is 11.1 Å². The molecule has 0 aliphatic carbocycles. The van der Waals surface area contributed by atoms with Gasteiger partial charge in [-0.2, -0.15) is 0 Å². The van der Waals surface area contributed by atoms with Crippen molar-refractivity contribution in [1.29, 1.82) is 0 Å². The van der Waals surface area contributed by atoms with Gasteiger partial charge in [-0.1, -0.05) is 61.4 Å². The SMILES string of the molecule is CCCc1ccc(-c2ccc(C(=O)N3CCC4(C=C(C)CCO4)CC3)cc2)cc1. The van der Waals surface area contributed by atoms with Gasteiger partial charge in [-0.05, 0) is 61.4 Å². The molecule has 3 heteroatoms. The molecule has 1 fully saturated rings. The molecule has 2 aliphatic heterocycles. The molecule has 0 bridgehead atoms. The van der Waals surface area contributed by atoms with Gasteiger partial charge in [0.05, 0.1) is 12.2 Å². The first-order chi connectivity index (χ1) is 14.1. The van der Waals surface area contributed by atoms with E-state index in [2.05, 4.69) is 56.3 Å². The quantitative estimate of drug-likeness (QED) is 0.633. The molecule has 4 rings (SSSR count). The van der Waals surface area contributed by atoms with E-state index in [1.54, 1.807) is 0 Å². The molecule has 152 valence electrons. The van der Waals surface area contributed by atoms with Crippen molar-refractivity contribution >= 4 is 5.91 Å². The second-order valence-electron chi connectivity index (χ2n) is 8.47. The summed E-state index contributed by atoms with van der Waals surface area (Å²) in [6, 6.07) is 16.8. The van der Waals surface area contributed by atoms with Crippen LogP contribution in [0.1, 0.15) is 55.5 Å². The zero-order chi connectivity index (χ0) is 20.3. The zero-order valence-corrected chi connectivity index (χ0v) is 17.6. The molecule has 0 atom stereocenters. The number of amides is 1. The van der Waals surface area contributed by atoms with E-state index in [1.807, 2.05) is 17.0 Å². The Hall–Kier alpha value is -2.39. The lowest BCUT2D eigenvalue weighted by atomic mass is 9.87. The van der Waals surface area contributed by atoms with E-state index in [1.165, 1.54) is 16.7 Å². The van der Waals surface area contributed by atoms with E-state index in [0.29, 0.717) is 0 Å². The number of nitrogens with zero attached hydrogens (tertiary/aromatic N) is 1. The van der Waals surface area contributed by atoms with Gasteiger partial charge in [-0.15, -0.1) is 0 Å². The minimum absolute atomic E-state index is 0.126. The lowest BCUT2D eigenvalue weighted by Gasteiger charge is -2.42. The highest BCUT2D eigenvalue weighted by Crippen LogP contribution is 2.33. The van der Waals surface area contributed by atoms with Crippen molar-refractivity contribution in [3.05, 3.63) is 71.3 Å². The number of aryl methyl sites for hydroxylation is 1. The normalized spacial score (nSPS) is 18.6. The van der Waals surface area contributed by atoms with Crippen LogP contribution < -0.4 is 0 Å². The molecule has 2 aromatic carbocycles. The molecule has 1 amide bonds. The average Bonchev–Trinajstić information content (AvgIpc) is 2.75. The molecule has 0 saturated carbocycles. The van der Waals surface area contributed by atoms with Crippen molar-refractivity contribution in [1.82, 2.24) is 4.90 Å². The van der Waals surface area contributed by atoms with Crippen molar-refractivity contribution in [2.75, 3.05) is 19.7 Å². The molecule has 2 heterocycles. The summed E-state index contributed by atoms with van der Waals surface area (Å²) >= 11 is 0. The highest BCUT2D eigenvalue weighted by molar-refractivity contribution is 5.94. The Morgan fingerprint density at radius 3 is 2.21 bits per heavy atom. The van der Waals surface area contributed by atoms with E-state index >= 15 is 0 Å². The second kappa shape index (κ2) is 8.54. The number of rotatable bonds is 4. The number of carbonyl (C=O) groups is 1. The summed E-state index contributed by atoms with van der Waals surface area (Å²) < 4.78 is 6.08. The maximum Gasteiger partial charge on any atom is 0.253 e. The maximum atomic E-state index is 13.0. The summed E-state index contributed by atoms with van der Waals surface area (Å²) in [6.07, 6.45) is 7.37. The molecule has 0 aromatic heterocycles. The van der Waals surface area contributed by atoms with Gasteiger partial charge in [-0.3, -0.25) is 4.79 Å². The summed E-state index contributed by atoms with van der Waals surface area (Å²) in [6.45, 7) is 6.69. The topological polar surface area (TPSA) is 29.5 Å². The maximum absolute atomic E-state index is 13.0. The Morgan fingerprint density at radius 2 is 1.62 bits per heavy atom. The second-order valence-corrected chi connectivity index (χ2v) is 8.47. The summed E-state index contributed by atoms with van der Waals surface area (Å²) in [5.74, 6) is 0.126.